The van der Waals surface area contributed by atoms with Crippen molar-refractivity contribution in [3.63, 3.8) is 0 Å². The van der Waals surface area contributed by atoms with E-state index in [1.807, 2.05) is 12.1 Å². The highest BCUT2D eigenvalue weighted by Gasteiger charge is 2.09. The van der Waals surface area contributed by atoms with E-state index in [1.54, 1.807) is 6.20 Å². The molecule has 5 heteroatoms. The van der Waals surface area contributed by atoms with Crippen LogP contribution in [0.2, 0.25) is 0 Å². The fourth-order valence-corrected chi connectivity index (χ4v) is 2.21. The third kappa shape index (κ3) is 4.41. The Kier molecular flexibility index (Phi) is 5.49. The number of nitrogens with zero attached hydrogens (tertiary/aromatic N) is 4. The van der Waals surface area contributed by atoms with E-state index in [2.05, 4.69) is 58.3 Å². The first kappa shape index (κ1) is 15.2. The van der Waals surface area contributed by atoms with Crippen LogP contribution in [-0.2, 0) is 0 Å². The van der Waals surface area contributed by atoms with Crippen molar-refractivity contribution in [3.05, 3.63) is 36.0 Å². The van der Waals surface area contributed by atoms with Crippen LogP contribution in [0.3, 0.4) is 0 Å². The monoisotopic (exact) mass is 285 g/mol. The van der Waals surface area contributed by atoms with Gasteiger partial charge in [-0.2, -0.15) is 10.1 Å². The van der Waals surface area contributed by atoms with Crippen molar-refractivity contribution in [2.24, 2.45) is 0 Å². The largest absolute Gasteiger partial charge is 0.339 e. The topological polar surface area (TPSA) is 53.9 Å². The van der Waals surface area contributed by atoms with Gasteiger partial charge in [0.15, 0.2) is 5.82 Å². The molecule has 1 aromatic heterocycles. The molecule has 1 heterocycles. The molecule has 21 heavy (non-hydrogen) atoms. The summed E-state index contributed by atoms with van der Waals surface area (Å²) in [5.41, 5.74) is 2.22. The van der Waals surface area contributed by atoms with Gasteiger partial charge in [-0.25, -0.2) is 0 Å². The van der Waals surface area contributed by atoms with Gasteiger partial charge in [0.2, 0.25) is 5.95 Å². The molecule has 0 saturated heterocycles. The van der Waals surface area contributed by atoms with E-state index in [9.17, 15) is 0 Å². The van der Waals surface area contributed by atoms with Crippen LogP contribution in [0.1, 0.15) is 32.3 Å². The number of benzene rings is 1. The van der Waals surface area contributed by atoms with Gasteiger partial charge < -0.3 is 10.2 Å². The molecule has 0 aliphatic heterocycles. The first-order chi connectivity index (χ1) is 10.2. The van der Waals surface area contributed by atoms with Crippen molar-refractivity contribution in [2.45, 2.75) is 33.6 Å². The zero-order valence-corrected chi connectivity index (χ0v) is 13.0. The molecule has 0 amide bonds. The molecule has 112 valence electrons. The molecule has 2 aromatic rings. The van der Waals surface area contributed by atoms with Gasteiger partial charge >= 0.3 is 0 Å². The van der Waals surface area contributed by atoms with Gasteiger partial charge in [-0.15, -0.1) is 5.10 Å². The van der Waals surface area contributed by atoms with E-state index in [-0.39, 0.29) is 0 Å². The third-order valence-electron chi connectivity index (χ3n) is 3.11. The Hall–Kier alpha value is -2.17. The first-order valence-electron chi connectivity index (χ1n) is 7.51. The quantitative estimate of drug-likeness (QED) is 0.843. The summed E-state index contributed by atoms with van der Waals surface area (Å²) in [7, 11) is 0. The fraction of sp³-hybridized carbons (Fsp3) is 0.438. The zero-order chi connectivity index (χ0) is 15.1. The highest BCUT2D eigenvalue weighted by Crippen LogP contribution is 2.17. The van der Waals surface area contributed by atoms with Gasteiger partial charge in [0.1, 0.15) is 0 Å². The van der Waals surface area contributed by atoms with Gasteiger partial charge in [0.25, 0.3) is 0 Å². The number of nitrogens with one attached hydrogen (secondary N) is 1. The van der Waals surface area contributed by atoms with E-state index in [4.69, 9.17) is 0 Å². The predicted molar refractivity (Wildman–Crippen MR) is 87.1 cm³/mol. The van der Waals surface area contributed by atoms with Crippen molar-refractivity contribution < 1.29 is 0 Å². The minimum atomic E-state index is 0.691. The zero-order valence-electron chi connectivity index (χ0n) is 13.0. The summed E-state index contributed by atoms with van der Waals surface area (Å²) in [5, 5.41) is 11.5. The summed E-state index contributed by atoms with van der Waals surface area (Å²) in [6, 6.07) is 8.19. The lowest BCUT2D eigenvalue weighted by molar-refractivity contribution is 0.711. The summed E-state index contributed by atoms with van der Waals surface area (Å²) >= 11 is 0. The molecule has 0 aliphatic rings. The lowest BCUT2D eigenvalue weighted by Crippen LogP contribution is -2.27. The van der Waals surface area contributed by atoms with Crippen molar-refractivity contribution in [1.29, 1.82) is 0 Å². The predicted octanol–water partition coefficient (Wildman–Crippen LogP) is 3.55. The molecule has 0 saturated carbocycles. The van der Waals surface area contributed by atoms with Crippen LogP contribution in [-0.4, -0.2) is 28.3 Å². The van der Waals surface area contributed by atoms with Gasteiger partial charge in [-0.1, -0.05) is 26.0 Å². The molecule has 2 rings (SSSR count). The molecule has 0 unspecified atom stereocenters. The standard InChI is InChI=1S/C16H23N5/c1-4-9-21(10-5-2)16-19-15(12-17-20-16)18-14-8-6-7-13(3)11-14/h6-8,11-12H,4-5,9-10H2,1-3H3,(H,18,19,20). The second-order valence-corrected chi connectivity index (χ2v) is 5.12. The normalized spacial score (nSPS) is 10.4. The van der Waals surface area contributed by atoms with Crippen molar-refractivity contribution in [1.82, 2.24) is 15.2 Å². The molecule has 0 spiro atoms. The molecular weight excluding hydrogens is 262 g/mol. The average Bonchev–Trinajstić information content (AvgIpc) is 2.47. The summed E-state index contributed by atoms with van der Waals surface area (Å²) < 4.78 is 0. The second kappa shape index (κ2) is 7.57. The molecule has 1 N–H and O–H groups in total. The Morgan fingerprint density at radius 3 is 2.57 bits per heavy atom. The van der Waals surface area contributed by atoms with Crippen molar-refractivity contribution in [2.75, 3.05) is 23.3 Å². The minimum Gasteiger partial charge on any atom is -0.339 e. The van der Waals surface area contributed by atoms with Crippen LogP contribution in [0.5, 0.6) is 0 Å². The Morgan fingerprint density at radius 2 is 1.90 bits per heavy atom. The number of rotatable bonds is 7. The van der Waals surface area contributed by atoms with E-state index in [0.717, 1.165) is 37.4 Å². The van der Waals surface area contributed by atoms with E-state index >= 15 is 0 Å². The summed E-state index contributed by atoms with van der Waals surface area (Å²) in [5.74, 6) is 1.42. The number of hydrogen-bond donors (Lipinski definition) is 1. The maximum absolute atomic E-state index is 4.58. The van der Waals surface area contributed by atoms with Crippen LogP contribution < -0.4 is 10.2 Å². The van der Waals surface area contributed by atoms with Crippen LogP contribution in [0.4, 0.5) is 17.5 Å². The molecule has 0 bridgehead atoms. The highest BCUT2D eigenvalue weighted by atomic mass is 15.3. The van der Waals surface area contributed by atoms with E-state index in [1.165, 1.54) is 5.56 Å². The molecule has 0 aliphatic carbocycles. The van der Waals surface area contributed by atoms with Crippen LogP contribution in [0.25, 0.3) is 0 Å². The van der Waals surface area contributed by atoms with Crippen LogP contribution >= 0.6 is 0 Å². The maximum Gasteiger partial charge on any atom is 0.247 e. The number of aromatic nitrogens is 3. The number of anilines is 3. The maximum atomic E-state index is 4.58. The van der Waals surface area contributed by atoms with Gasteiger partial charge in [-0.3, -0.25) is 0 Å². The molecule has 0 radical (unpaired) electrons. The minimum absolute atomic E-state index is 0.691. The Balaban J connectivity index is 2.16. The second-order valence-electron chi connectivity index (χ2n) is 5.12. The smallest absolute Gasteiger partial charge is 0.247 e. The average molecular weight is 285 g/mol. The highest BCUT2D eigenvalue weighted by molar-refractivity contribution is 5.57. The molecule has 0 fully saturated rings. The van der Waals surface area contributed by atoms with Gasteiger partial charge in [0.05, 0.1) is 6.20 Å². The SMILES string of the molecule is CCCN(CCC)c1nncc(Nc2cccc(C)c2)n1. The van der Waals surface area contributed by atoms with Gasteiger partial charge in [-0.05, 0) is 37.5 Å². The summed E-state index contributed by atoms with van der Waals surface area (Å²) in [6.07, 6.45) is 3.79. The van der Waals surface area contributed by atoms with Crippen molar-refractivity contribution >= 4 is 17.5 Å². The lowest BCUT2D eigenvalue weighted by atomic mass is 10.2. The van der Waals surface area contributed by atoms with E-state index < -0.39 is 0 Å². The third-order valence-corrected chi connectivity index (χ3v) is 3.11. The van der Waals surface area contributed by atoms with E-state index in [0.29, 0.717) is 5.95 Å². The first-order valence-corrected chi connectivity index (χ1v) is 7.51. The molecule has 1 aromatic carbocycles. The molecular formula is C16H23N5. The number of aryl methyl sites for hydroxylation is 1. The van der Waals surface area contributed by atoms with Gasteiger partial charge in [0, 0.05) is 18.8 Å². The molecule has 5 nitrogen and oxygen atoms in total. The Bertz CT molecular complexity index is 564. The fourth-order valence-electron chi connectivity index (χ4n) is 2.21. The summed E-state index contributed by atoms with van der Waals surface area (Å²) in [4.78, 5) is 6.75. The summed E-state index contributed by atoms with van der Waals surface area (Å²) in [6.45, 7) is 8.28. The van der Waals surface area contributed by atoms with Crippen LogP contribution in [0, 0.1) is 6.92 Å². The van der Waals surface area contributed by atoms with Crippen molar-refractivity contribution in [3.8, 4) is 0 Å². The Morgan fingerprint density at radius 1 is 1.14 bits per heavy atom. The number of hydrogen-bond acceptors (Lipinski definition) is 5. The molecule has 0 atom stereocenters. The van der Waals surface area contributed by atoms with Crippen LogP contribution in [0.15, 0.2) is 30.5 Å². The Labute approximate surface area is 126 Å². The lowest BCUT2D eigenvalue weighted by Gasteiger charge is -2.21.